The second-order valence-corrected chi connectivity index (χ2v) is 10.7. The number of rotatable bonds is 4. The Morgan fingerprint density at radius 3 is 2.50 bits per heavy atom. The van der Waals surface area contributed by atoms with Gasteiger partial charge in [-0.2, -0.15) is 17.5 Å². The summed E-state index contributed by atoms with van der Waals surface area (Å²) in [7, 11) is -3.97. The van der Waals surface area contributed by atoms with Crippen LogP contribution in [0.5, 0.6) is 0 Å². The van der Waals surface area contributed by atoms with Crippen molar-refractivity contribution in [3.05, 3.63) is 83.4 Å². The number of benzene rings is 2. The SMILES string of the molecule is O=S1(=O)C2CC3C=CC2(O3)C(O)C(Cc2ccccc2)N1Cc1cccc(C(F)(F)F)c1. The van der Waals surface area contributed by atoms with Gasteiger partial charge in [-0.15, -0.1) is 0 Å². The van der Waals surface area contributed by atoms with Crippen molar-refractivity contribution in [1.29, 1.82) is 0 Å². The Bertz CT molecular complexity index is 1150. The molecule has 3 aliphatic heterocycles. The summed E-state index contributed by atoms with van der Waals surface area (Å²) in [5.74, 6) is 0. The van der Waals surface area contributed by atoms with Crippen LogP contribution in [0.3, 0.4) is 0 Å². The van der Waals surface area contributed by atoms with E-state index in [0.29, 0.717) is 0 Å². The molecule has 2 aromatic rings. The third kappa shape index (κ3) is 3.39. The maximum Gasteiger partial charge on any atom is 0.416 e. The van der Waals surface area contributed by atoms with Gasteiger partial charge in [-0.1, -0.05) is 60.7 Å². The molecule has 5 unspecified atom stereocenters. The Hall–Kier alpha value is -2.20. The monoisotopic (exact) mass is 465 g/mol. The molecule has 0 aliphatic carbocycles. The van der Waals surface area contributed by atoms with Gasteiger partial charge in [0, 0.05) is 6.54 Å². The average molecular weight is 465 g/mol. The van der Waals surface area contributed by atoms with Gasteiger partial charge in [0.2, 0.25) is 10.0 Å². The Morgan fingerprint density at radius 1 is 1.09 bits per heavy atom. The molecule has 5 rings (SSSR count). The molecule has 170 valence electrons. The first-order chi connectivity index (χ1) is 15.1. The van der Waals surface area contributed by atoms with E-state index in [2.05, 4.69) is 0 Å². The summed E-state index contributed by atoms with van der Waals surface area (Å²) >= 11 is 0. The summed E-state index contributed by atoms with van der Waals surface area (Å²) < 4.78 is 74.1. The molecule has 5 nitrogen and oxygen atoms in total. The number of hydrogen-bond acceptors (Lipinski definition) is 4. The molecule has 1 N–H and O–H groups in total. The predicted molar refractivity (Wildman–Crippen MR) is 111 cm³/mol. The average Bonchev–Trinajstić information content (AvgIpc) is 3.36. The molecular weight excluding hydrogens is 443 g/mol. The standard InChI is InChI=1S/C23H22F3NO4S/c24-23(25,26)17-8-4-7-16(11-17)14-27-19(12-15-5-2-1-3-6-15)21(28)22-10-9-18(31-22)13-20(22)32(27,29)30/h1-11,18-21,28H,12-14H2. The number of aliphatic hydroxyl groups excluding tert-OH is 1. The second kappa shape index (κ2) is 7.41. The van der Waals surface area contributed by atoms with Gasteiger partial charge in [-0.3, -0.25) is 0 Å². The van der Waals surface area contributed by atoms with E-state index in [1.54, 1.807) is 12.2 Å². The summed E-state index contributed by atoms with van der Waals surface area (Å²) in [6.45, 7) is -0.262. The van der Waals surface area contributed by atoms with E-state index >= 15 is 0 Å². The largest absolute Gasteiger partial charge is 0.416 e. The highest BCUT2D eigenvalue weighted by atomic mass is 32.2. The fourth-order valence-corrected chi connectivity index (χ4v) is 7.52. The summed E-state index contributed by atoms with van der Waals surface area (Å²) in [4.78, 5) is 0. The van der Waals surface area contributed by atoms with Crippen molar-refractivity contribution < 1.29 is 31.4 Å². The summed E-state index contributed by atoms with van der Waals surface area (Å²) in [5, 5.41) is 10.4. The smallest absolute Gasteiger partial charge is 0.388 e. The number of halogens is 3. The lowest BCUT2D eigenvalue weighted by molar-refractivity contribution is -0.137. The normalized spacial score (nSPS) is 33.4. The van der Waals surface area contributed by atoms with Gasteiger partial charge in [0.1, 0.15) is 17.0 Å². The molecule has 0 radical (unpaired) electrons. The maximum atomic E-state index is 13.7. The van der Waals surface area contributed by atoms with Crippen LogP contribution in [0.4, 0.5) is 13.2 Å². The third-order valence-corrected chi connectivity index (χ3v) is 8.97. The van der Waals surface area contributed by atoms with Crippen LogP contribution in [-0.2, 0) is 33.9 Å². The van der Waals surface area contributed by atoms with Crippen molar-refractivity contribution in [1.82, 2.24) is 4.31 Å². The molecule has 2 saturated heterocycles. The van der Waals surface area contributed by atoms with Crippen LogP contribution in [0, 0.1) is 0 Å². The Balaban J connectivity index is 1.56. The van der Waals surface area contributed by atoms with E-state index in [9.17, 15) is 26.7 Å². The van der Waals surface area contributed by atoms with Crippen LogP contribution >= 0.6 is 0 Å². The Labute approximate surface area is 184 Å². The second-order valence-electron chi connectivity index (χ2n) is 8.58. The first-order valence-corrected chi connectivity index (χ1v) is 11.9. The minimum absolute atomic E-state index is 0.205. The zero-order valence-electron chi connectivity index (χ0n) is 16.9. The highest BCUT2D eigenvalue weighted by Gasteiger charge is 2.66. The fourth-order valence-electron chi connectivity index (χ4n) is 5.13. The van der Waals surface area contributed by atoms with Gasteiger partial charge in [0.15, 0.2) is 0 Å². The number of sulfonamides is 1. The van der Waals surface area contributed by atoms with Crippen LogP contribution in [0.15, 0.2) is 66.7 Å². The molecule has 2 fully saturated rings. The van der Waals surface area contributed by atoms with Gasteiger partial charge in [0.05, 0.1) is 17.7 Å². The van der Waals surface area contributed by atoms with Crippen LogP contribution in [0.2, 0.25) is 0 Å². The maximum absolute atomic E-state index is 13.7. The molecule has 32 heavy (non-hydrogen) atoms. The lowest BCUT2D eigenvalue weighted by Gasteiger charge is -2.49. The fraction of sp³-hybridized carbons (Fsp3) is 0.391. The summed E-state index contributed by atoms with van der Waals surface area (Å²) in [6, 6.07) is 12.9. The van der Waals surface area contributed by atoms with E-state index in [4.69, 9.17) is 4.74 Å². The minimum atomic E-state index is -4.53. The van der Waals surface area contributed by atoms with E-state index in [0.717, 1.165) is 17.7 Å². The van der Waals surface area contributed by atoms with Crippen LogP contribution in [0.1, 0.15) is 23.1 Å². The molecule has 3 heterocycles. The van der Waals surface area contributed by atoms with Crippen molar-refractivity contribution in [3.63, 3.8) is 0 Å². The van der Waals surface area contributed by atoms with Gasteiger partial charge in [-0.05, 0) is 30.0 Å². The molecular formula is C23H22F3NO4S. The molecule has 1 spiro atoms. The number of nitrogens with zero attached hydrogens (tertiary/aromatic N) is 1. The number of ether oxygens (including phenoxy) is 1. The molecule has 0 saturated carbocycles. The van der Waals surface area contributed by atoms with Crippen molar-refractivity contribution in [2.24, 2.45) is 0 Å². The minimum Gasteiger partial charge on any atom is -0.388 e. The number of aliphatic hydroxyl groups is 1. The van der Waals surface area contributed by atoms with Crippen molar-refractivity contribution in [3.8, 4) is 0 Å². The zero-order chi connectivity index (χ0) is 22.7. The van der Waals surface area contributed by atoms with E-state index in [-0.39, 0.29) is 24.9 Å². The first-order valence-electron chi connectivity index (χ1n) is 10.4. The Morgan fingerprint density at radius 2 is 1.81 bits per heavy atom. The molecule has 0 amide bonds. The molecule has 9 heteroatoms. The molecule has 0 aromatic heterocycles. The lowest BCUT2D eigenvalue weighted by Crippen LogP contribution is -2.68. The van der Waals surface area contributed by atoms with E-state index in [1.807, 2.05) is 30.3 Å². The third-order valence-electron chi connectivity index (χ3n) is 6.64. The highest BCUT2D eigenvalue weighted by Crippen LogP contribution is 2.50. The lowest BCUT2D eigenvalue weighted by atomic mass is 9.83. The first kappa shape index (κ1) is 21.6. The van der Waals surface area contributed by atoms with E-state index < -0.39 is 50.9 Å². The number of alkyl halides is 3. The van der Waals surface area contributed by atoms with Gasteiger partial charge in [-0.25, -0.2) is 8.42 Å². The predicted octanol–water partition coefficient (Wildman–Crippen LogP) is 3.29. The summed E-state index contributed by atoms with van der Waals surface area (Å²) in [5.41, 5.74) is -1.14. The Kier molecular flexibility index (Phi) is 5.01. The van der Waals surface area contributed by atoms with Gasteiger partial charge >= 0.3 is 6.18 Å². The number of fused-ring (bicyclic) bond motifs is 1. The molecule has 5 atom stereocenters. The van der Waals surface area contributed by atoms with Crippen molar-refractivity contribution >= 4 is 10.0 Å². The van der Waals surface area contributed by atoms with Crippen molar-refractivity contribution in [2.45, 2.75) is 54.7 Å². The molecule has 2 aromatic carbocycles. The summed E-state index contributed by atoms with van der Waals surface area (Å²) in [6.07, 6.45) is -2.25. The molecule has 3 aliphatic rings. The van der Waals surface area contributed by atoms with Crippen LogP contribution < -0.4 is 0 Å². The topological polar surface area (TPSA) is 66.8 Å². The van der Waals surface area contributed by atoms with Crippen LogP contribution in [-0.4, -0.2) is 46.9 Å². The zero-order valence-corrected chi connectivity index (χ0v) is 17.8. The number of hydrogen-bond donors (Lipinski definition) is 1. The van der Waals surface area contributed by atoms with Gasteiger partial charge in [0.25, 0.3) is 0 Å². The molecule has 2 bridgehead atoms. The highest BCUT2D eigenvalue weighted by molar-refractivity contribution is 7.89. The van der Waals surface area contributed by atoms with Gasteiger partial charge < -0.3 is 9.84 Å². The quantitative estimate of drug-likeness (QED) is 0.704. The van der Waals surface area contributed by atoms with E-state index in [1.165, 1.54) is 16.4 Å². The van der Waals surface area contributed by atoms with Crippen molar-refractivity contribution in [2.75, 3.05) is 0 Å². The van der Waals surface area contributed by atoms with Crippen LogP contribution in [0.25, 0.3) is 0 Å².